The third kappa shape index (κ3) is 2.89. The van der Waals surface area contributed by atoms with Gasteiger partial charge in [-0.15, -0.1) is 6.58 Å². The number of rotatable bonds is 5. The van der Waals surface area contributed by atoms with Gasteiger partial charge in [0, 0.05) is 38.3 Å². The second-order valence-corrected chi connectivity index (χ2v) is 4.73. The molecular weight excluding hydrogens is 256 g/mol. The van der Waals surface area contributed by atoms with Gasteiger partial charge in [-0.05, 0) is 0 Å². The molecule has 1 atom stereocenters. The lowest BCUT2D eigenvalue weighted by atomic mass is 10.0. The van der Waals surface area contributed by atoms with Crippen molar-refractivity contribution in [2.45, 2.75) is 6.04 Å². The number of phenols is 1. The molecule has 0 aromatic heterocycles. The first-order chi connectivity index (χ1) is 9.71. The number of hydrogen-bond acceptors (Lipinski definition) is 5. The van der Waals surface area contributed by atoms with Crippen molar-refractivity contribution in [2.75, 3.05) is 40.4 Å². The molecule has 1 aliphatic heterocycles. The van der Waals surface area contributed by atoms with E-state index in [0.29, 0.717) is 11.5 Å². The van der Waals surface area contributed by atoms with Gasteiger partial charge < -0.3 is 19.9 Å². The topological polar surface area (TPSA) is 54.0 Å². The molecule has 5 heteroatoms. The van der Waals surface area contributed by atoms with Gasteiger partial charge in [0.05, 0.1) is 25.8 Å². The van der Waals surface area contributed by atoms with Crippen LogP contribution in [0, 0.1) is 0 Å². The maximum atomic E-state index is 10.3. The fourth-order valence-electron chi connectivity index (χ4n) is 2.58. The van der Waals surface area contributed by atoms with Crippen LogP contribution in [0.1, 0.15) is 11.6 Å². The van der Waals surface area contributed by atoms with Crippen molar-refractivity contribution in [3.63, 3.8) is 0 Å². The Kier molecular flexibility index (Phi) is 4.87. The maximum Gasteiger partial charge on any atom is 0.131 e. The Morgan fingerprint density at radius 3 is 2.55 bits per heavy atom. The fourth-order valence-corrected chi connectivity index (χ4v) is 2.58. The maximum absolute atomic E-state index is 10.3. The largest absolute Gasteiger partial charge is 0.507 e. The Balaban J connectivity index is 2.39. The third-order valence-electron chi connectivity index (χ3n) is 3.61. The first-order valence-corrected chi connectivity index (χ1v) is 6.73. The molecule has 1 fully saturated rings. The summed E-state index contributed by atoms with van der Waals surface area (Å²) in [4.78, 5) is 2.27. The molecule has 0 saturated carbocycles. The minimum atomic E-state index is -0.0713. The third-order valence-corrected chi connectivity index (χ3v) is 3.61. The van der Waals surface area contributed by atoms with Crippen LogP contribution < -0.4 is 14.8 Å². The fraction of sp³-hybridized carbons (Fsp3) is 0.467. The number of piperazine rings is 1. The van der Waals surface area contributed by atoms with Crippen molar-refractivity contribution in [3.8, 4) is 17.2 Å². The van der Waals surface area contributed by atoms with Gasteiger partial charge in [-0.25, -0.2) is 0 Å². The molecule has 1 aromatic carbocycles. The van der Waals surface area contributed by atoms with E-state index >= 15 is 0 Å². The first kappa shape index (κ1) is 14.7. The van der Waals surface area contributed by atoms with Crippen molar-refractivity contribution in [1.82, 2.24) is 10.2 Å². The van der Waals surface area contributed by atoms with Gasteiger partial charge in [-0.3, -0.25) is 4.90 Å². The van der Waals surface area contributed by atoms with Crippen molar-refractivity contribution in [2.24, 2.45) is 0 Å². The van der Waals surface area contributed by atoms with Gasteiger partial charge in [0.25, 0.3) is 0 Å². The molecule has 2 rings (SSSR count). The zero-order valence-electron chi connectivity index (χ0n) is 12.1. The molecule has 0 spiro atoms. The summed E-state index contributed by atoms with van der Waals surface area (Å²) in [5.41, 5.74) is 0.741. The molecule has 0 radical (unpaired) electrons. The molecule has 110 valence electrons. The lowest BCUT2D eigenvalue weighted by molar-refractivity contribution is 0.197. The van der Waals surface area contributed by atoms with Crippen molar-refractivity contribution in [1.29, 1.82) is 0 Å². The van der Waals surface area contributed by atoms with Gasteiger partial charge in [-0.1, -0.05) is 6.08 Å². The zero-order chi connectivity index (χ0) is 14.5. The average Bonchev–Trinajstić information content (AvgIpc) is 2.50. The zero-order valence-corrected chi connectivity index (χ0v) is 12.1. The Bertz CT molecular complexity index is 470. The normalized spacial score (nSPS) is 17.5. The van der Waals surface area contributed by atoms with Crippen LogP contribution in [0.5, 0.6) is 17.2 Å². The first-order valence-electron chi connectivity index (χ1n) is 6.73. The summed E-state index contributed by atoms with van der Waals surface area (Å²) in [5.74, 6) is 1.36. The predicted octanol–water partition coefficient (Wildman–Crippen LogP) is 1.54. The minimum absolute atomic E-state index is 0.0713. The van der Waals surface area contributed by atoms with E-state index in [1.165, 1.54) is 0 Å². The Morgan fingerprint density at radius 1 is 1.30 bits per heavy atom. The van der Waals surface area contributed by atoms with E-state index in [0.717, 1.165) is 31.7 Å². The van der Waals surface area contributed by atoms with Crippen molar-refractivity contribution >= 4 is 0 Å². The molecule has 20 heavy (non-hydrogen) atoms. The van der Waals surface area contributed by atoms with E-state index in [4.69, 9.17) is 9.47 Å². The summed E-state index contributed by atoms with van der Waals surface area (Å²) in [6, 6.07) is 3.32. The number of methoxy groups -OCH3 is 2. The molecule has 0 unspecified atom stereocenters. The molecule has 0 bridgehead atoms. The van der Waals surface area contributed by atoms with Gasteiger partial charge >= 0.3 is 0 Å². The lowest BCUT2D eigenvalue weighted by Gasteiger charge is -2.34. The van der Waals surface area contributed by atoms with Crippen LogP contribution in [0.25, 0.3) is 0 Å². The molecule has 0 amide bonds. The van der Waals surface area contributed by atoms with E-state index in [-0.39, 0.29) is 11.8 Å². The smallest absolute Gasteiger partial charge is 0.131 e. The highest BCUT2D eigenvalue weighted by atomic mass is 16.5. The summed E-state index contributed by atoms with van der Waals surface area (Å²) < 4.78 is 10.6. The van der Waals surface area contributed by atoms with E-state index < -0.39 is 0 Å². The Morgan fingerprint density at radius 2 is 2.00 bits per heavy atom. The van der Waals surface area contributed by atoms with Crippen LogP contribution in [-0.4, -0.2) is 50.4 Å². The van der Waals surface area contributed by atoms with Crippen LogP contribution in [0.15, 0.2) is 24.8 Å². The van der Waals surface area contributed by atoms with Crippen LogP contribution >= 0.6 is 0 Å². The van der Waals surface area contributed by atoms with Gasteiger partial charge in [-0.2, -0.15) is 0 Å². The molecule has 1 heterocycles. The number of benzene rings is 1. The highest BCUT2D eigenvalue weighted by Crippen LogP contribution is 2.40. The monoisotopic (exact) mass is 278 g/mol. The molecule has 5 nitrogen and oxygen atoms in total. The van der Waals surface area contributed by atoms with Crippen LogP contribution in [0.2, 0.25) is 0 Å². The highest BCUT2D eigenvalue weighted by Gasteiger charge is 2.25. The van der Waals surface area contributed by atoms with Crippen LogP contribution in [0.3, 0.4) is 0 Å². The summed E-state index contributed by atoms with van der Waals surface area (Å²) in [6.07, 6.45) is 1.84. The minimum Gasteiger partial charge on any atom is -0.507 e. The number of nitrogens with zero attached hydrogens (tertiary/aromatic N) is 1. The van der Waals surface area contributed by atoms with E-state index in [1.54, 1.807) is 26.4 Å². The Labute approximate surface area is 119 Å². The number of phenolic OH excluding ortho intramolecular Hbond substituents is 1. The van der Waals surface area contributed by atoms with Gasteiger partial charge in [0.15, 0.2) is 0 Å². The molecule has 0 aliphatic carbocycles. The number of nitrogens with one attached hydrogen (secondary N) is 1. The molecule has 1 saturated heterocycles. The van der Waals surface area contributed by atoms with E-state index in [2.05, 4.69) is 16.8 Å². The average molecular weight is 278 g/mol. The van der Waals surface area contributed by atoms with E-state index in [1.807, 2.05) is 6.08 Å². The van der Waals surface area contributed by atoms with Gasteiger partial charge in [0.1, 0.15) is 17.2 Å². The number of hydrogen-bond donors (Lipinski definition) is 2. The number of aromatic hydroxyl groups is 1. The quantitative estimate of drug-likeness (QED) is 0.800. The Hall–Kier alpha value is -1.72. The second kappa shape index (κ2) is 6.63. The molecule has 1 aromatic rings. The van der Waals surface area contributed by atoms with Crippen LogP contribution in [0.4, 0.5) is 0 Å². The molecule has 1 aliphatic rings. The summed E-state index contributed by atoms with van der Waals surface area (Å²) in [7, 11) is 3.16. The van der Waals surface area contributed by atoms with Crippen molar-refractivity contribution in [3.05, 3.63) is 30.4 Å². The van der Waals surface area contributed by atoms with Crippen molar-refractivity contribution < 1.29 is 14.6 Å². The standard InChI is InChI=1S/C15H22N2O3/c1-4-12(17-7-5-16-6-8-17)15-13(18)9-11(19-2)10-14(15)20-3/h4,9-10,12,16,18H,1,5-8H2,2-3H3/t12-/m1/s1. The predicted molar refractivity (Wildman–Crippen MR) is 78.6 cm³/mol. The van der Waals surface area contributed by atoms with Crippen LogP contribution in [-0.2, 0) is 0 Å². The summed E-state index contributed by atoms with van der Waals surface area (Å²) in [5, 5.41) is 13.6. The van der Waals surface area contributed by atoms with E-state index in [9.17, 15) is 5.11 Å². The number of ether oxygens (including phenoxy) is 2. The van der Waals surface area contributed by atoms with Gasteiger partial charge in [0.2, 0.25) is 0 Å². The molecule has 2 N–H and O–H groups in total. The summed E-state index contributed by atoms with van der Waals surface area (Å²) in [6.45, 7) is 7.60. The second-order valence-electron chi connectivity index (χ2n) is 4.73. The highest BCUT2D eigenvalue weighted by molar-refractivity contribution is 5.52. The SMILES string of the molecule is C=C[C@H](c1c(O)cc(OC)cc1OC)N1CCNCC1. The molecular formula is C15H22N2O3. The summed E-state index contributed by atoms with van der Waals surface area (Å²) >= 11 is 0. The lowest BCUT2D eigenvalue weighted by Crippen LogP contribution is -2.44.